The van der Waals surface area contributed by atoms with Gasteiger partial charge in [-0.25, -0.2) is 38.4 Å². The molecule has 112 heavy (non-hydrogen) atoms. The van der Waals surface area contributed by atoms with Gasteiger partial charge in [-0.05, 0) is 60.7 Å². The molecule has 0 bridgehead atoms. The van der Waals surface area contributed by atoms with Gasteiger partial charge in [-0.3, -0.25) is 0 Å². The van der Waals surface area contributed by atoms with Gasteiger partial charge < -0.3 is 180 Å². The molecule has 10 unspecified atom stereocenters. The first-order chi connectivity index (χ1) is 52.7. The summed E-state index contributed by atoms with van der Waals surface area (Å²) in [5.74, 6) is -50.9. The fraction of sp³-hybridized carbons (Fsp3) is 0.176. The van der Waals surface area contributed by atoms with Crippen LogP contribution in [0, 0.1) is 0 Å². The van der Waals surface area contributed by atoms with Crippen LogP contribution in [0.4, 0.5) is 0 Å². The Hall–Kier alpha value is -15.4. The third kappa shape index (κ3) is 13.1. The van der Waals surface area contributed by atoms with Crippen LogP contribution in [0.5, 0.6) is 144 Å². The van der Waals surface area contributed by atoms with Gasteiger partial charge in [0, 0.05) is 28.3 Å². The van der Waals surface area contributed by atoms with Gasteiger partial charge in [-0.1, -0.05) is 0 Å². The summed E-state index contributed by atoms with van der Waals surface area (Å²) in [6.45, 7) is -2.81. The molecule has 2 saturated heterocycles. The van der Waals surface area contributed by atoms with Crippen molar-refractivity contribution >= 4 is 47.8 Å². The number of cyclic esters (lactones) is 1. The highest BCUT2D eigenvalue weighted by Gasteiger charge is 2.57. The molecule has 44 nitrogen and oxygen atoms in total. The minimum Gasteiger partial charge on any atom is -0.504 e. The van der Waals surface area contributed by atoms with Gasteiger partial charge in [0.15, 0.2) is 122 Å². The number of aromatic hydroxyl groups is 23. The molecule has 2 fully saturated rings. The number of phenols is 23. The molecule has 0 aromatic heterocycles. The highest BCUT2D eigenvalue weighted by atomic mass is 16.8. The highest BCUT2D eigenvalue weighted by Crippen LogP contribution is 2.57. The number of aliphatic hydroxyl groups excluding tert-OH is 2. The topological polar surface area (TPSA) is 744 Å². The molecule has 8 aromatic carbocycles. The van der Waals surface area contributed by atoms with Gasteiger partial charge in [0.2, 0.25) is 65.0 Å². The van der Waals surface area contributed by atoms with E-state index in [-0.39, 0.29) is 18.2 Å². The molecule has 44 heteroatoms. The molecule has 4 heterocycles. The Kier molecular flexibility index (Phi) is 19.3. The number of hydrogen-bond acceptors (Lipinski definition) is 44. The number of carbonyl (C=O) groups is 8. The number of esters is 8. The van der Waals surface area contributed by atoms with Crippen molar-refractivity contribution < 1.29 is 218 Å². The van der Waals surface area contributed by atoms with Gasteiger partial charge in [0.1, 0.15) is 30.5 Å². The monoisotopic (exact) mass is 1570 g/mol. The lowest BCUT2D eigenvalue weighted by atomic mass is 9.91. The summed E-state index contributed by atoms with van der Waals surface area (Å²) >= 11 is 0. The van der Waals surface area contributed by atoms with Gasteiger partial charge in [-0.15, -0.1) is 0 Å². The van der Waals surface area contributed by atoms with Crippen molar-refractivity contribution in [2.45, 2.75) is 61.4 Å². The molecule has 0 amide bonds. The van der Waals surface area contributed by atoms with Crippen LogP contribution in [0.15, 0.2) is 66.7 Å². The Bertz CT molecular complexity index is 5350. The molecule has 12 rings (SSSR count). The second-order valence-electron chi connectivity index (χ2n) is 24.2. The van der Waals surface area contributed by atoms with E-state index in [1.807, 2.05) is 0 Å². The van der Waals surface area contributed by atoms with Crippen molar-refractivity contribution in [1.82, 2.24) is 0 Å². The van der Waals surface area contributed by atoms with E-state index in [2.05, 4.69) is 0 Å². The third-order valence-corrected chi connectivity index (χ3v) is 17.4. The van der Waals surface area contributed by atoms with Crippen molar-refractivity contribution in [3.05, 3.63) is 111 Å². The molecule has 0 radical (unpaired) electrons. The number of rotatable bonds is 11. The minimum absolute atomic E-state index is 0.172. The van der Waals surface area contributed by atoms with E-state index < -0.39 is 333 Å². The normalized spacial score (nSPS) is 20.6. The summed E-state index contributed by atoms with van der Waals surface area (Å²) in [4.78, 5) is 116. The number of hydrogen-bond donors (Lipinski definition) is 25. The number of benzene rings is 8. The van der Waals surface area contributed by atoms with Crippen molar-refractivity contribution in [2.75, 3.05) is 13.2 Å². The molecule has 8 aromatic rings. The molecular formula is C68H50O44. The van der Waals surface area contributed by atoms with Crippen LogP contribution in [0.3, 0.4) is 0 Å². The standard InChI is InChI=1S/C68H50O44/c69-12-33-47(88)55(107-59(94)14-1-22(70)39(80)23(71)2-14)57(109-60(95)15-3-24(72)40(81)25(73)4-15)67(104-33)111-61(96)16-5-26(74)41(82)32(6-16)103-53-21(11-31(79)46(87)52(53)93)66(101)112-68-58-56(108-64(99)19-9-29(77)44(85)50(91)37(19)38-20(65(100)110-58)10-30(78)45(86)51(38)92)54-34(105-68)13-102-62(97)17-7-27(75)42(83)48(89)35(17)36-18(63(98)106-54)8-28(76)43(84)49(36)90/h1-11,33-34,47,54-58,67-93H,12-13H2. The maximum absolute atomic E-state index is 15.1. The maximum atomic E-state index is 15.1. The molecule has 586 valence electrons. The molecule has 0 saturated carbocycles. The first-order valence-electron chi connectivity index (χ1n) is 31.1. The predicted octanol–water partition coefficient (Wildman–Crippen LogP) is 1.77. The number of carbonyl (C=O) groups excluding carboxylic acids is 8. The average Bonchev–Trinajstić information content (AvgIpc) is 0.891. The van der Waals surface area contributed by atoms with Gasteiger partial charge in [0.05, 0.1) is 45.6 Å². The number of ether oxygens (including phenoxy) is 11. The van der Waals surface area contributed by atoms with Crippen molar-refractivity contribution in [1.29, 1.82) is 0 Å². The van der Waals surface area contributed by atoms with E-state index in [1.54, 1.807) is 0 Å². The molecule has 4 aliphatic rings. The molecule has 4 aliphatic heterocycles. The Labute approximate surface area is 616 Å². The van der Waals surface area contributed by atoms with E-state index in [4.69, 9.17) is 52.1 Å². The summed E-state index contributed by atoms with van der Waals surface area (Å²) in [5, 5.41) is 270. The fourth-order valence-corrected chi connectivity index (χ4v) is 11.9. The van der Waals surface area contributed by atoms with Crippen LogP contribution >= 0.6 is 0 Å². The smallest absolute Gasteiger partial charge is 0.344 e. The van der Waals surface area contributed by atoms with Crippen LogP contribution in [-0.4, -0.2) is 250 Å². The summed E-state index contributed by atoms with van der Waals surface area (Å²) in [6, 6.07) is 4.16. The molecule has 25 N–H and O–H groups in total. The van der Waals surface area contributed by atoms with E-state index in [0.717, 1.165) is 0 Å². The average molecular weight is 1570 g/mol. The zero-order chi connectivity index (χ0) is 81.7. The molecule has 10 atom stereocenters. The SMILES string of the molecule is O=C(OC1OC(CO)C(O)C(OC(=O)c2cc(O)c(O)c(O)c2)C1OC(=O)c1cc(O)c(O)c(O)c1)c1cc(O)c(O)c(Oc2c(C(=O)OC3OC4COC(=O)c5cc(O)c(O)c(O)c5-c5c(cc(O)c(O)c5O)C(=O)OC4C4OC(=O)c5cc(O)c(O)c(O)c5-c5c(cc(O)c(O)c5O)C(=O)OC34)cc(O)c(O)c2O)c1. The lowest BCUT2D eigenvalue weighted by molar-refractivity contribution is -0.283. The van der Waals surface area contributed by atoms with Crippen LogP contribution in [0.1, 0.15) is 82.9 Å². The first kappa shape index (κ1) is 76.2. The summed E-state index contributed by atoms with van der Waals surface area (Å²) < 4.78 is 61.7. The van der Waals surface area contributed by atoms with Crippen molar-refractivity contribution in [2.24, 2.45) is 0 Å². The van der Waals surface area contributed by atoms with Crippen LogP contribution < -0.4 is 4.74 Å². The molecule has 0 spiro atoms. The van der Waals surface area contributed by atoms with Gasteiger partial charge >= 0.3 is 47.8 Å². The minimum atomic E-state index is -2.99. The third-order valence-electron chi connectivity index (χ3n) is 17.4. The van der Waals surface area contributed by atoms with Gasteiger partial charge in [-0.2, -0.15) is 0 Å². The van der Waals surface area contributed by atoms with Crippen molar-refractivity contribution in [3.8, 4) is 166 Å². The maximum Gasteiger partial charge on any atom is 0.344 e. The van der Waals surface area contributed by atoms with Crippen LogP contribution in [0.25, 0.3) is 22.3 Å². The Balaban J connectivity index is 0.946. The first-order valence-corrected chi connectivity index (χ1v) is 31.1. The van der Waals surface area contributed by atoms with E-state index in [9.17, 15) is 161 Å². The van der Waals surface area contributed by atoms with E-state index in [0.29, 0.717) is 48.5 Å². The second-order valence-corrected chi connectivity index (χ2v) is 24.2. The van der Waals surface area contributed by atoms with E-state index >= 15 is 4.79 Å². The number of fused-ring (bicyclic) bond motifs is 9. The lowest BCUT2D eigenvalue weighted by Crippen LogP contribution is -2.63. The summed E-state index contributed by atoms with van der Waals surface area (Å²) in [7, 11) is 0. The van der Waals surface area contributed by atoms with Gasteiger partial charge in [0.25, 0.3) is 0 Å². The Morgan fingerprint density at radius 2 is 0.696 bits per heavy atom. The quantitative estimate of drug-likeness (QED) is 0.0498. The highest BCUT2D eigenvalue weighted by molar-refractivity contribution is 6.10. The van der Waals surface area contributed by atoms with E-state index in [1.165, 1.54) is 0 Å². The Morgan fingerprint density at radius 3 is 1.13 bits per heavy atom. The summed E-state index contributed by atoms with van der Waals surface area (Å²) in [5.41, 5.74) is -14.1. The Morgan fingerprint density at radius 1 is 0.348 bits per heavy atom. The number of phenolic OH excluding ortho intramolecular Hbond substituents is 23. The van der Waals surface area contributed by atoms with Crippen molar-refractivity contribution in [3.63, 3.8) is 0 Å². The zero-order valence-corrected chi connectivity index (χ0v) is 55.0. The largest absolute Gasteiger partial charge is 0.504 e. The summed E-state index contributed by atoms with van der Waals surface area (Å²) in [6.07, 6.45) is -26.0. The van der Waals surface area contributed by atoms with Crippen LogP contribution in [0.2, 0.25) is 0 Å². The number of aliphatic hydroxyl groups is 2. The zero-order valence-electron chi connectivity index (χ0n) is 55.0. The fourth-order valence-electron chi connectivity index (χ4n) is 11.9. The predicted molar refractivity (Wildman–Crippen MR) is 345 cm³/mol. The molecular weight excluding hydrogens is 1520 g/mol. The second kappa shape index (κ2) is 28.4. The van der Waals surface area contributed by atoms with Crippen LogP contribution in [-0.2, 0) is 47.4 Å². The lowest BCUT2D eigenvalue weighted by Gasteiger charge is -2.44. The molecule has 0 aliphatic carbocycles.